The van der Waals surface area contributed by atoms with Crippen LogP contribution in [0.4, 0.5) is 22.0 Å². The van der Waals surface area contributed by atoms with E-state index in [0.29, 0.717) is 41.6 Å². The lowest BCUT2D eigenvalue weighted by Crippen LogP contribution is -2.47. The third-order valence-electron chi connectivity index (χ3n) is 10.8. The van der Waals surface area contributed by atoms with E-state index in [9.17, 15) is 36.1 Å². The van der Waals surface area contributed by atoms with Gasteiger partial charge in [-0.2, -0.15) is 22.0 Å². The first-order chi connectivity index (χ1) is 20.7. The van der Waals surface area contributed by atoms with Crippen LogP contribution in [0.15, 0.2) is 18.2 Å². The molecule has 0 aromatic heterocycles. The molecule has 3 aliphatic carbocycles. The van der Waals surface area contributed by atoms with Gasteiger partial charge in [-0.15, -0.1) is 0 Å². The number of carbonyl (C=O) groups excluding carboxylic acids is 1. The zero-order chi connectivity index (χ0) is 32.1. The van der Waals surface area contributed by atoms with Gasteiger partial charge in [-0.25, -0.2) is 0 Å². The molecule has 0 bridgehead atoms. The number of unbranched alkanes of at least 4 members (excludes halogenated alkanes) is 6. The smallest absolute Gasteiger partial charge is 0.427 e. The van der Waals surface area contributed by atoms with E-state index in [1.54, 1.807) is 0 Å². The topological polar surface area (TPSA) is 63.6 Å². The number of hydrogen-bond acceptors (Lipinski definition) is 4. The SMILES string of the molecule is CC(=O)Oc1ccc2c(c1)C[C@@H](CCCCCCCCCS(=O)CCCC(F)(F)C(F)(F)F)[C@@H]1[C@@H]2CC[C@]2(C)[C@@H](O)CC[C@@H]12. The molecule has 3 aliphatic rings. The van der Waals surface area contributed by atoms with Gasteiger partial charge in [0.25, 0.3) is 0 Å². The van der Waals surface area contributed by atoms with Crippen LogP contribution in [-0.4, -0.2) is 45.0 Å². The highest BCUT2D eigenvalue weighted by atomic mass is 32.2. The van der Waals surface area contributed by atoms with Crippen LogP contribution in [0.3, 0.4) is 0 Å². The molecule has 0 spiro atoms. The summed E-state index contributed by atoms with van der Waals surface area (Å²) in [4.78, 5) is 11.6. The molecule has 2 fully saturated rings. The fourth-order valence-corrected chi connectivity index (χ4v) is 9.70. The Hall–Kier alpha value is -1.55. The highest BCUT2D eigenvalue weighted by Crippen LogP contribution is 2.62. The van der Waals surface area contributed by atoms with E-state index in [1.165, 1.54) is 18.1 Å². The summed E-state index contributed by atoms with van der Waals surface area (Å²) in [6.45, 7) is 3.72. The van der Waals surface area contributed by atoms with Crippen LogP contribution in [0.1, 0.15) is 121 Å². The summed E-state index contributed by atoms with van der Waals surface area (Å²) >= 11 is 0. The summed E-state index contributed by atoms with van der Waals surface area (Å²) in [7, 11) is -1.37. The van der Waals surface area contributed by atoms with Gasteiger partial charge < -0.3 is 9.84 Å². The summed E-state index contributed by atoms with van der Waals surface area (Å²) in [6, 6.07) is 6.14. The summed E-state index contributed by atoms with van der Waals surface area (Å²) in [5, 5.41) is 10.9. The maximum absolute atomic E-state index is 13.0. The quantitative estimate of drug-likeness (QED) is 0.0893. The van der Waals surface area contributed by atoms with Gasteiger partial charge in [-0.1, -0.05) is 51.5 Å². The molecule has 0 radical (unpaired) electrons. The van der Waals surface area contributed by atoms with Crippen molar-refractivity contribution in [3.8, 4) is 5.75 Å². The van der Waals surface area contributed by atoms with Crippen LogP contribution < -0.4 is 4.74 Å². The first kappa shape index (κ1) is 35.3. The van der Waals surface area contributed by atoms with E-state index >= 15 is 0 Å². The predicted octanol–water partition coefficient (Wildman–Crippen LogP) is 8.90. The molecule has 7 atom stereocenters. The van der Waals surface area contributed by atoms with Gasteiger partial charge in [-0.05, 0) is 104 Å². The van der Waals surface area contributed by atoms with Crippen molar-refractivity contribution in [2.45, 2.75) is 134 Å². The molecular formula is C34H49F5O4S. The lowest BCUT2D eigenvalue weighted by molar-refractivity contribution is -0.284. The third-order valence-corrected chi connectivity index (χ3v) is 12.3. The number of carbonyl (C=O) groups is 1. The Morgan fingerprint density at radius 1 is 0.977 bits per heavy atom. The van der Waals surface area contributed by atoms with E-state index in [2.05, 4.69) is 19.1 Å². The molecule has 0 saturated heterocycles. The molecule has 0 amide bonds. The second-order valence-electron chi connectivity index (χ2n) is 13.8. The largest absolute Gasteiger partial charge is 0.453 e. The van der Waals surface area contributed by atoms with Gasteiger partial charge in [0.05, 0.1) is 6.10 Å². The van der Waals surface area contributed by atoms with Crippen molar-refractivity contribution in [2.24, 2.45) is 23.2 Å². The van der Waals surface area contributed by atoms with E-state index in [0.717, 1.165) is 77.0 Å². The maximum atomic E-state index is 13.0. The summed E-state index contributed by atoms with van der Waals surface area (Å²) < 4.78 is 80.1. The van der Waals surface area contributed by atoms with Crippen molar-refractivity contribution in [1.29, 1.82) is 0 Å². The van der Waals surface area contributed by atoms with Crippen molar-refractivity contribution in [2.75, 3.05) is 11.5 Å². The Balaban J connectivity index is 1.20. The van der Waals surface area contributed by atoms with Gasteiger partial charge in [-0.3, -0.25) is 9.00 Å². The standard InChI is InChI=1S/C34H49F5O4S/c1-23(40)43-26-12-13-27-25(22-26)21-24(31-28(27)16-18-32(2)29(31)14-15-30(32)41)11-8-6-4-3-5-7-9-19-44(42)20-10-17-33(35,36)34(37,38)39/h12-13,22,24,28-31,41H,3-11,14-21H2,1-2H3/t24-,28-,29+,30+,31-,32+,44?/m1/s1. The number of halogens is 5. The maximum Gasteiger partial charge on any atom is 0.453 e. The van der Waals surface area contributed by atoms with Crippen LogP contribution in [-0.2, 0) is 22.0 Å². The number of esters is 1. The Morgan fingerprint density at radius 3 is 2.32 bits per heavy atom. The third kappa shape index (κ3) is 8.42. The van der Waals surface area contributed by atoms with Crippen molar-refractivity contribution in [1.82, 2.24) is 0 Å². The summed E-state index contributed by atoms with van der Waals surface area (Å²) in [5.74, 6) is -2.12. The molecule has 0 aliphatic heterocycles. The van der Waals surface area contributed by atoms with Crippen molar-refractivity contribution in [3.05, 3.63) is 29.3 Å². The molecule has 4 nitrogen and oxygen atoms in total. The normalized spacial score (nSPS) is 29.0. The monoisotopic (exact) mass is 648 g/mol. The minimum Gasteiger partial charge on any atom is -0.427 e. The van der Waals surface area contributed by atoms with Gasteiger partial charge in [0, 0.05) is 35.6 Å². The molecular weight excluding hydrogens is 599 g/mol. The van der Waals surface area contributed by atoms with E-state index < -0.39 is 35.7 Å². The molecule has 2 saturated carbocycles. The molecule has 250 valence electrons. The first-order valence-electron chi connectivity index (χ1n) is 16.5. The van der Waals surface area contributed by atoms with Gasteiger partial charge in [0.2, 0.25) is 0 Å². The number of benzene rings is 1. The molecule has 10 heteroatoms. The van der Waals surface area contributed by atoms with E-state index in [4.69, 9.17) is 4.74 Å². The predicted molar refractivity (Wildman–Crippen MR) is 162 cm³/mol. The average molecular weight is 649 g/mol. The average Bonchev–Trinajstić information content (AvgIpc) is 3.24. The van der Waals surface area contributed by atoms with E-state index in [-0.39, 0.29) is 23.2 Å². The van der Waals surface area contributed by atoms with Crippen LogP contribution in [0.2, 0.25) is 0 Å². The number of aliphatic hydroxyl groups excluding tert-OH is 1. The van der Waals surface area contributed by atoms with Crippen LogP contribution in [0.25, 0.3) is 0 Å². The number of fused-ring (bicyclic) bond motifs is 5. The number of alkyl halides is 5. The van der Waals surface area contributed by atoms with Crippen LogP contribution in [0.5, 0.6) is 5.75 Å². The molecule has 44 heavy (non-hydrogen) atoms. The number of hydrogen-bond donors (Lipinski definition) is 1. The van der Waals surface area contributed by atoms with Gasteiger partial charge in [0.15, 0.2) is 0 Å². The fraction of sp³-hybridized carbons (Fsp3) is 0.794. The Bertz CT molecular complexity index is 1140. The Kier molecular flexibility index (Phi) is 12.0. The fourth-order valence-electron chi connectivity index (χ4n) is 8.50. The van der Waals surface area contributed by atoms with Crippen molar-refractivity contribution < 1.29 is 40.8 Å². The molecule has 1 aromatic rings. The highest BCUT2D eigenvalue weighted by Gasteiger charge is 2.57. The molecule has 1 unspecified atom stereocenters. The lowest BCUT2D eigenvalue weighted by Gasteiger charge is -2.53. The van der Waals surface area contributed by atoms with Crippen LogP contribution >= 0.6 is 0 Å². The molecule has 1 aromatic carbocycles. The molecule has 0 heterocycles. The number of aliphatic hydroxyl groups is 1. The van der Waals surface area contributed by atoms with Crippen molar-refractivity contribution in [3.63, 3.8) is 0 Å². The summed E-state index contributed by atoms with van der Waals surface area (Å²) in [6.07, 6.45) is 5.67. The minimum absolute atomic E-state index is 0.00752. The summed E-state index contributed by atoms with van der Waals surface area (Å²) in [5.41, 5.74) is 2.68. The second kappa shape index (κ2) is 14.9. The lowest BCUT2D eigenvalue weighted by atomic mass is 9.52. The number of rotatable bonds is 15. The molecule has 1 N–H and O–H groups in total. The Morgan fingerprint density at radius 2 is 1.64 bits per heavy atom. The second-order valence-corrected chi connectivity index (χ2v) is 15.5. The zero-order valence-corrected chi connectivity index (χ0v) is 26.9. The zero-order valence-electron chi connectivity index (χ0n) is 26.1. The Labute approximate surface area is 261 Å². The number of ether oxygens (including phenoxy) is 1. The first-order valence-corrected chi connectivity index (χ1v) is 18.0. The van der Waals surface area contributed by atoms with Gasteiger partial charge in [0.1, 0.15) is 5.75 Å². The molecule has 4 rings (SSSR count). The van der Waals surface area contributed by atoms with Crippen molar-refractivity contribution >= 4 is 16.8 Å². The highest BCUT2D eigenvalue weighted by molar-refractivity contribution is 7.84. The van der Waals surface area contributed by atoms with Crippen LogP contribution in [0, 0.1) is 23.2 Å². The van der Waals surface area contributed by atoms with E-state index in [1.807, 2.05) is 6.07 Å². The minimum atomic E-state index is -5.55. The van der Waals surface area contributed by atoms with Gasteiger partial charge >= 0.3 is 18.1 Å².